The second-order valence-corrected chi connectivity index (χ2v) is 11.2. The van der Waals surface area contributed by atoms with Gasteiger partial charge in [0.15, 0.2) is 12.2 Å². The van der Waals surface area contributed by atoms with Crippen LogP contribution >= 0.6 is 0 Å². The monoisotopic (exact) mass is 629 g/mol. The van der Waals surface area contributed by atoms with Crippen molar-refractivity contribution in [2.45, 2.75) is 92.0 Å². The van der Waals surface area contributed by atoms with Crippen molar-refractivity contribution in [3.8, 4) is 0 Å². The smallest absolute Gasteiger partial charge is 0.303 e. The zero-order chi connectivity index (χ0) is 33.3. The van der Waals surface area contributed by atoms with Crippen molar-refractivity contribution in [1.82, 2.24) is 0 Å². The van der Waals surface area contributed by atoms with Crippen LogP contribution in [0.4, 0.5) is 0 Å². The van der Waals surface area contributed by atoms with Crippen molar-refractivity contribution in [2.24, 2.45) is 10.9 Å². The van der Waals surface area contributed by atoms with Crippen molar-refractivity contribution in [3.63, 3.8) is 0 Å². The lowest BCUT2D eigenvalue weighted by molar-refractivity contribution is -0.291. The number of benzene rings is 1. The Hall–Kier alpha value is -4.03. The number of esters is 4. The molecular formula is C33H43NO11. The molecule has 2 aliphatic heterocycles. The van der Waals surface area contributed by atoms with Gasteiger partial charge in [0.1, 0.15) is 12.7 Å². The van der Waals surface area contributed by atoms with E-state index in [9.17, 15) is 19.2 Å². The molecule has 1 N–H and O–H groups in total. The van der Waals surface area contributed by atoms with Crippen molar-refractivity contribution in [3.05, 3.63) is 52.1 Å². The Kier molecular flexibility index (Phi) is 12.9. The number of aryl methyl sites for hydroxylation is 1. The Labute approximate surface area is 263 Å². The summed E-state index contributed by atoms with van der Waals surface area (Å²) >= 11 is 0. The molecule has 0 amide bonds. The minimum absolute atomic E-state index is 0.0847. The third-order valence-corrected chi connectivity index (χ3v) is 7.25. The van der Waals surface area contributed by atoms with Crippen LogP contribution in [0, 0.1) is 12.8 Å². The average molecular weight is 630 g/mol. The topological polar surface area (TPSA) is 156 Å². The van der Waals surface area contributed by atoms with Crippen molar-refractivity contribution < 1.29 is 52.7 Å². The first-order valence-corrected chi connectivity index (χ1v) is 14.9. The first kappa shape index (κ1) is 35.4. The van der Waals surface area contributed by atoms with Crippen LogP contribution in [-0.4, -0.2) is 85.3 Å². The summed E-state index contributed by atoms with van der Waals surface area (Å²) in [7, 11) is 0. The fourth-order valence-corrected chi connectivity index (χ4v) is 5.21. The molecule has 246 valence electrons. The van der Waals surface area contributed by atoms with Crippen LogP contribution < -0.4 is 0 Å². The van der Waals surface area contributed by atoms with Gasteiger partial charge in [-0.15, -0.1) is 0 Å². The van der Waals surface area contributed by atoms with Crippen molar-refractivity contribution in [1.29, 1.82) is 0 Å². The van der Waals surface area contributed by atoms with E-state index in [1.807, 2.05) is 31.2 Å². The van der Waals surface area contributed by atoms with Crippen LogP contribution in [0.15, 0.2) is 40.4 Å². The van der Waals surface area contributed by atoms with Gasteiger partial charge >= 0.3 is 23.9 Å². The van der Waals surface area contributed by atoms with Gasteiger partial charge in [0.2, 0.25) is 18.3 Å². The molecule has 5 atom stereocenters. The minimum Gasteiger partial charge on any atom is -0.463 e. The molecule has 12 heteroatoms. The maximum Gasteiger partial charge on any atom is 0.303 e. The van der Waals surface area contributed by atoms with Crippen LogP contribution in [0.1, 0.15) is 64.7 Å². The zero-order valence-corrected chi connectivity index (χ0v) is 26.9. The molecule has 1 aromatic carbocycles. The molecule has 0 aliphatic carbocycles. The number of ether oxygens (including phenoxy) is 6. The van der Waals surface area contributed by atoms with Gasteiger partial charge in [-0.3, -0.25) is 19.2 Å². The number of aliphatic imine (C=N–C) groups is 1. The summed E-state index contributed by atoms with van der Waals surface area (Å²) in [6.45, 7) is 11.0. The van der Waals surface area contributed by atoms with E-state index >= 15 is 0 Å². The van der Waals surface area contributed by atoms with Gasteiger partial charge in [-0.1, -0.05) is 44.2 Å². The van der Waals surface area contributed by atoms with E-state index in [4.69, 9.17) is 33.5 Å². The van der Waals surface area contributed by atoms with Crippen LogP contribution in [0.3, 0.4) is 0 Å². The highest BCUT2D eigenvalue weighted by Crippen LogP contribution is 2.33. The number of rotatable bonds is 12. The van der Waals surface area contributed by atoms with Crippen LogP contribution in [0.5, 0.6) is 0 Å². The van der Waals surface area contributed by atoms with Crippen LogP contribution in [0.25, 0.3) is 6.08 Å². The molecular weight excluding hydrogens is 586 g/mol. The van der Waals surface area contributed by atoms with Gasteiger partial charge in [0.05, 0.1) is 6.54 Å². The standard InChI is InChI=1S/C33H43NO11/c1-18(2)27-16-34-32(26(27)15-25-12-11-24(14-19(25)3)10-8-9-13-35)45-33-31(43-23(7)39)30(42-22(6)38)29(41-21(5)37)28(44-33)17-40-20(4)36/h8,10-12,14,18,28-31,33,35H,9,13,15-17H2,1-7H3/b10-8+/t28-,29-,30+,31-,33+/m1/s1. The molecule has 2 aliphatic rings. The normalized spacial score (nSPS) is 23.1. The highest BCUT2D eigenvalue weighted by molar-refractivity contribution is 5.97. The predicted molar refractivity (Wildman–Crippen MR) is 163 cm³/mol. The Bertz CT molecular complexity index is 1350. The Morgan fingerprint density at radius 3 is 2.20 bits per heavy atom. The molecule has 0 radical (unpaired) electrons. The minimum atomic E-state index is -1.37. The van der Waals surface area contributed by atoms with E-state index in [2.05, 4.69) is 24.9 Å². The third-order valence-electron chi connectivity index (χ3n) is 7.25. The zero-order valence-electron chi connectivity index (χ0n) is 26.9. The molecule has 12 nitrogen and oxygen atoms in total. The molecule has 1 saturated heterocycles. The number of aliphatic hydroxyl groups is 1. The number of carbonyl (C=O) groups is 4. The maximum absolute atomic E-state index is 12.2. The number of hydrogen-bond donors (Lipinski definition) is 1. The Balaban J connectivity index is 1.99. The quantitative estimate of drug-likeness (QED) is 0.267. The first-order valence-electron chi connectivity index (χ1n) is 14.9. The summed E-state index contributed by atoms with van der Waals surface area (Å²) in [4.78, 5) is 52.8. The SMILES string of the molecule is CC(=O)OC[C@H]1O[C@@H](OC2=NCC(C(C)C)=C2Cc2ccc(/C=C/CCO)cc2C)[C@H](OC(C)=O)[C@@H](OC(C)=O)[C@@H]1OC(C)=O. The highest BCUT2D eigenvalue weighted by atomic mass is 16.7. The molecule has 2 heterocycles. The summed E-state index contributed by atoms with van der Waals surface area (Å²) in [5, 5.41) is 9.06. The van der Waals surface area contributed by atoms with E-state index < -0.39 is 54.6 Å². The van der Waals surface area contributed by atoms with Gasteiger partial charge in [-0.25, -0.2) is 4.99 Å². The van der Waals surface area contributed by atoms with Gasteiger partial charge in [0.25, 0.3) is 0 Å². The molecule has 0 spiro atoms. The van der Waals surface area contributed by atoms with E-state index in [1.54, 1.807) is 0 Å². The Morgan fingerprint density at radius 1 is 0.978 bits per heavy atom. The van der Waals surface area contributed by atoms with Crippen LogP contribution in [-0.2, 0) is 54.0 Å². The number of nitrogens with zero attached hydrogens (tertiary/aromatic N) is 1. The van der Waals surface area contributed by atoms with Crippen LogP contribution in [0.2, 0.25) is 0 Å². The summed E-state index contributed by atoms with van der Waals surface area (Å²) in [5.74, 6) is -2.36. The summed E-state index contributed by atoms with van der Waals surface area (Å²) < 4.78 is 34.2. The fourth-order valence-electron chi connectivity index (χ4n) is 5.21. The van der Waals surface area contributed by atoms with Crippen molar-refractivity contribution >= 4 is 35.9 Å². The lowest BCUT2D eigenvalue weighted by Gasteiger charge is -2.43. The summed E-state index contributed by atoms with van der Waals surface area (Å²) in [5.41, 5.74) is 5.00. The molecule has 0 saturated carbocycles. The maximum atomic E-state index is 12.2. The molecule has 0 aromatic heterocycles. The molecule has 1 fully saturated rings. The van der Waals surface area contributed by atoms with Gasteiger partial charge in [0, 0.05) is 46.3 Å². The average Bonchev–Trinajstić information content (AvgIpc) is 3.34. The third kappa shape index (κ3) is 9.98. The Morgan fingerprint density at radius 2 is 1.62 bits per heavy atom. The highest BCUT2D eigenvalue weighted by Gasteiger charge is 2.54. The van der Waals surface area contributed by atoms with E-state index in [0.717, 1.165) is 41.7 Å². The molecule has 1 aromatic rings. The molecule has 0 unspecified atom stereocenters. The van der Waals surface area contributed by atoms with Gasteiger partial charge in [-0.2, -0.15) is 0 Å². The number of carbonyl (C=O) groups excluding carboxylic acids is 4. The van der Waals surface area contributed by atoms with Gasteiger partial charge in [-0.05, 0) is 41.5 Å². The lowest BCUT2D eigenvalue weighted by Crippen LogP contribution is -2.63. The number of aliphatic hydroxyl groups excluding tert-OH is 1. The lowest BCUT2D eigenvalue weighted by atomic mass is 9.92. The first-order chi connectivity index (χ1) is 21.3. The number of hydrogen-bond acceptors (Lipinski definition) is 12. The van der Waals surface area contributed by atoms with Crippen molar-refractivity contribution in [2.75, 3.05) is 19.8 Å². The van der Waals surface area contributed by atoms with E-state index in [0.29, 0.717) is 19.4 Å². The van der Waals surface area contributed by atoms with Gasteiger partial charge < -0.3 is 33.5 Å². The molecule has 3 rings (SSSR count). The van der Waals surface area contributed by atoms with E-state index in [-0.39, 0.29) is 25.0 Å². The molecule has 0 bridgehead atoms. The van der Waals surface area contributed by atoms with E-state index in [1.165, 1.54) is 13.8 Å². The second kappa shape index (κ2) is 16.3. The fraction of sp³-hybridized carbons (Fsp3) is 0.545. The predicted octanol–water partition coefficient (Wildman–Crippen LogP) is 3.40. The largest absolute Gasteiger partial charge is 0.463 e. The summed E-state index contributed by atoms with van der Waals surface area (Å²) in [6, 6.07) is 6.09. The summed E-state index contributed by atoms with van der Waals surface area (Å²) in [6.07, 6.45) is -1.55. The molecule has 45 heavy (non-hydrogen) atoms. The second-order valence-electron chi connectivity index (χ2n) is 11.2.